The Bertz CT molecular complexity index is 954. The molecular formula is C22H25F2N3O4. The van der Waals surface area contributed by atoms with Crippen molar-refractivity contribution in [2.75, 3.05) is 27.3 Å². The zero-order valence-electron chi connectivity index (χ0n) is 17.4. The minimum Gasteiger partial charge on any atom is -0.497 e. The molecule has 31 heavy (non-hydrogen) atoms. The maximum atomic E-state index is 14.1. The fraction of sp³-hybridized carbons (Fsp3) is 0.364. The van der Waals surface area contributed by atoms with E-state index in [0.717, 1.165) is 11.6 Å². The van der Waals surface area contributed by atoms with Gasteiger partial charge in [0.25, 0.3) is 0 Å². The van der Waals surface area contributed by atoms with E-state index in [4.69, 9.17) is 9.47 Å². The van der Waals surface area contributed by atoms with Crippen LogP contribution in [0.15, 0.2) is 36.4 Å². The number of carbonyl (C=O) groups excluding carboxylic acids is 2. The van der Waals surface area contributed by atoms with Gasteiger partial charge in [-0.25, -0.2) is 8.78 Å². The Morgan fingerprint density at radius 2 is 2.00 bits per heavy atom. The number of piperazine rings is 1. The smallest absolute Gasteiger partial charge is 0.237 e. The van der Waals surface area contributed by atoms with Crippen molar-refractivity contribution < 1.29 is 27.8 Å². The lowest BCUT2D eigenvalue weighted by Gasteiger charge is -2.34. The van der Waals surface area contributed by atoms with E-state index in [1.165, 1.54) is 19.2 Å². The third kappa shape index (κ3) is 5.49. The summed E-state index contributed by atoms with van der Waals surface area (Å²) >= 11 is 0. The molecule has 0 saturated carbocycles. The Labute approximate surface area is 179 Å². The molecule has 9 heteroatoms. The molecule has 1 fully saturated rings. The van der Waals surface area contributed by atoms with E-state index < -0.39 is 17.7 Å². The van der Waals surface area contributed by atoms with E-state index >= 15 is 0 Å². The highest BCUT2D eigenvalue weighted by molar-refractivity contribution is 5.88. The Kier molecular flexibility index (Phi) is 7.41. The van der Waals surface area contributed by atoms with Gasteiger partial charge in [0, 0.05) is 37.3 Å². The second kappa shape index (κ2) is 10.2. The molecular weight excluding hydrogens is 408 g/mol. The summed E-state index contributed by atoms with van der Waals surface area (Å²) in [6.07, 6.45) is -0.116. The fourth-order valence-corrected chi connectivity index (χ4v) is 3.52. The molecule has 2 aromatic rings. The SMILES string of the molecule is COc1ccc(OC)c(CNC(=O)CC2C(=O)NCCN2Cc2cccc(F)c2F)c1. The molecule has 1 unspecified atom stereocenters. The highest BCUT2D eigenvalue weighted by Gasteiger charge is 2.32. The summed E-state index contributed by atoms with van der Waals surface area (Å²) in [5.74, 6) is -1.34. The Morgan fingerprint density at radius 1 is 1.19 bits per heavy atom. The van der Waals surface area contributed by atoms with Crippen molar-refractivity contribution in [3.63, 3.8) is 0 Å². The van der Waals surface area contributed by atoms with Gasteiger partial charge in [0.2, 0.25) is 11.8 Å². The summed E-state index contributed by atoms with van der Waals surface area (Å²) in [4.78, 5) is 26.7. The molecule has 3 rings (SSSR count). The maximum Gasteiger partial charge on any atom is 0.237 e. The van der Waals surface area contributed by atoms with Crippen molar-refractivity contribution >= 4 is 11.8 Å². The highest BCUT2D eigenvalue weighted by atomic mass is 19.2. The van der Waals surface area contributed by atoms with Crippen LogP contribution in [0.2, 0.25) is 0 Å². The van der Waals surface area contributed by atoms with Crippen LogP contribution in [-0.4, -0.2) is 50.1 Å². The molecule has 1 aliphatic rings. The molecule has 2 amide bonds. The highest BCUT2D eigenvalue weighted by Crippen LogP contribution is 2.24. The normalized spacial score (nSPS) is 16.5. The third-order valence-electron chi connectivity index (χ3n) is 5.19. The van der Waals surface area contributed by atoms with E-state index in [0.29, 0.717) is 24.6 Å². The molecule has 1 saturated heterocycles. The number of halogens is 2. The van der Waals surface area contributed by atoms with Gasteiger partial charge >= 0.3 is 0 Å². The summed E-state index contributed by atoms with van der Waals surface area (Å²) < 4.78 is 38.1. The second-order valence-electron chi connectivity index (χ2n) is 7.15. The number of amides is 2. The predicted molar refractivity (Wildman–Crippen MR) is 110 cm³/mol. The van der Waals surface area contributed by atoms with Gasteiger partial charge in [-0.05, 0) is 24.3 Å². The predicted octanol–water partition coefficient (Wildman–Crippen LogP) is 1.99. The number of carbonyl (C=O) groups is 2. The van der Waals surface area contributed by atoms with E-state index in [-0.39, 0.29) is 36.9 Å². The lowest BCUT2D eigenvalue weighted by molar-refractivity contribution is -0.134. The van der Waals surface area contributed by atoms with Crippen LogP contribution >= 0.6 is 0 Å². The van der Waals surface area contributed by atoms with E-state index in [1.807, 2.05) is 0 Å². The van der Waals surface area contributed by atoms with Gasteiger partial charge in [-0.15, -0.1) is 0 Å². The molecule has 0 radical (unpaired) electrons. The molecule has 1 aliphatic heterocycles. The molecule has 0 aromatic heterocycles. The molecule has 2 aromatic carbocycles. The van der Waals surface area contributed by atoms with Gasteiger partial charge < -0.3 is 20.1 Å². The summed E-state index contributed by atoms with van der Waals surface area (Å²) in [6, 6.07) is 8.39. The van der Waals surface area contributed by atoms with Crippen molar-refractivity contribution in [3.8, 4) is 11.5 Å². The Morgan fingerprint density at radius 3 is 2.74 bits per heavy atom. The maximum absolute atomic E-state index is 14.1. The van der Waals surface area contributed by atoms with Gasteiger partial charge in [-0.2, -0.15) is 0 Å². The Hall–Kier alpha value is -3.20. The molecule has 166 valence electrons. The number of rotatable bonds is 8. The molecule has 1 atom stereocenters. The first kappa shape index (κ1) is 22.5. The van der Waals surface area contributed by atoms with Crippen LogP contribution in [-0.2, 0) is 22.7 Å². The molecule has 0 aliphatic carbocycles. The first-order valence-electron chi connectivity index (χ1n) is 9.85. The van der Waals surface area contributed by atoms with Gasteiger partial charge in [0.05, 0.1) is 26.7 Å². The third-order valence-corrected chi connectivity index (χ3v) is 5.19. The minimum atomic E-state index is -0.944. The van der Waals surface area contributed by atoms with Crippen molar-refractivity contribution in [1.82, 2.24) is 15.5 Å². The van der Waals surface area contributed by atoms with Crippen LogP contribution in [0.3, 0.4) is 0 Å². The molecule has 0 bridgehead atoms. The van der Waals surface area contributed by atoms with Crippen molar-refractivity contribution in [1.29, 1.82) is 0 Å². The monoisotopic (exact) mass is 433 g/mol. The molecule has 7 nitrogen and oxygen atoms in total. The topological polar surface area (TPSA) is 79.9 Å². The average molecular weight is 433 g/mol. The van der Waals surface area contributed by atoms with Crippen molar-refractivity contribution in [3.05, 3.63) is 59.2 Å². The van der Waals surface area contributed by atoms with E-state index in [2.05, 4.69) is 10.6 Å². The minimum absolute atomic E-state index is 0.0265. The molecule has 0 spiro atoms. The zero-order valence-corrected chi connectivity index (χ0v) is 17.4. The number of benzene rings is 2. The zero-order chi connectivity index (χ0) is 22.4. The lowest BCUT2D eigenvalue weighted by atomic mass is 10.1. The fourth-order valence-electron chi connectivity index (χ4n) is 3.52. The summed E-state index contributed by atoms with van der Waals surface area (Å²) in [5.41, 5.74) is 0.864. The Balaban J connectivity index is 1.66. The number of ether oxygens (including phenoxy) is 2. The second-order valence-corrected chi connectivity index (χ2v) is 7.15. The number of nitrogens with zero attached hydrogens (tertiary/aromatic N) is 1. The largest absolute Gasteiger partial charge is 0.497 e. The van der Waals surface area contributed by atoms with E-state index in [9.17, 15) is 18.4 Å². The first-order chi connectivity index (χ1) is 14.9. The number of hydrogen-bond donors (Lipinski definition) is 2. The quantitative estimate of drug-likeness (QED) is 0.666. The first-order valence-corrected chi connectivity index (χ1v) is 9.85. The van der Waals surface area contributed by atoms with Crippen LogP contribution in [0.5, 0.6) is 11.5 Å². The van der Waals surface area contributed by atoms with Crippen molar-refractivity contribution in [2.24, 2.45) is 0 Å². The lowest BCUT2D eigenvalue weighted by Crippen LogP contribution is -2.56. The van der Waals surface area contributed by atoms with Gasteiger partial charge in [0.15, 0.2) is 11.6 Å². The van der Waals surface area contributed by atoms with Crippen molar-refractivity contribution in [2.45, 2.75) is 25.6 Å². The molecule has 2 N–H and O–H groups in total. The summed E-state index contributed by atoms with van der Waals surface area (Å²) in [5, 5.41) is 5.50. The standard InChI is InChI=1S/C22H25F2N3O4/c1-30-16-6-7-19(31-2)15(10-16)12-26-20(28)11-18-22(29)25-8-9-27(18)13-14-4-3-5-17(23)21(14)24/h3-7,10,18H,8-9,11-13H2,1-2H3,(H,25,29)(H,26,28). The van der Waals surface area contributed by atoms with Gasteiger partial charge in [-0.1, -0.05) is 12.1 Å². The van der Waals surface area contributed by atoms with Crippen LogP contribution in [0.4, 0.5) is 8.78 Å². The average Bonchev–Trinajstić information content (AvgIpc) is 2.77. The van der Waals surface area contributed by atoms with Crippen LogP contribution in [0, 0.1) is 11.6 Å². The van der Waals surface area contributed by atoms with Crippen LogP contribution < -0.4 is 20.1 Å². The summed E-state index contributed by atoms with van der Waals surface area (Å²) in [6.45, 7) is 1.00. The number of hydrogen-bond acceptors (Lipinski definition) is 5. The van der Waals surface area contributed by atoms with Crippen LogP contribution in [0.1, 0.15) is 17.5 Å². The van der Waals surface area contributed by atoms with E-state index in [1.54, 1.807) is 30.2 Å². The molecule has 1 heterocycles. The van der Waals surface area contributed by atoms with Crippen LogP contribution in [0.25, 0.3) is 0 Å². The summed E-state index contributed by atoms with van der Waals surface area (Å²) in [7, 11) is 3.07. The number of nitrogens with one attached hydrogen (secondary N) is 2. The van der Waals surface area contributed by atoms with Gasteiger partial charge in [-0.3, -0.25) is 14.5 Å². The van der Waals surface area contributed by atoms with Gasteiger partial charge in [0.1, 0.15) is 11.5 Å². The number of methoxy groups -OCH3 is 2.